The summed E-state index contributed by atoms with van der Waals surface area (Å²) in [4.78, 5) is 22.4. The van der Waals surface area contributed by atoms with Crippen LogP contribution in [0.3, 0.4) is 0 Å². The number of carbonyl (C=O) groups excluding carboxylic acids is 1. The molecule has 0 saturated heterocycles. The summed E-state index contributed by atoms with van der Waals surface area (Å²) in [7, 11) is 1.61. The van der Waals surface area contributed by atoms with Gasteiger partial charge in [0.15, 0.2) is 0 Å². The van der Waals surface area contributed by atoms with Crippen molar-refractivity contribution in [3.63, 3.8) is 0 Å². The number of aromatic nitrogens is 2. The van der Waals surface area contributed by atoms with Crippen molar-refractivity contribution in [2.45, 2.75) is 26.8 Å². The van der Waals surface area contributed by atoms with Gasteiger partial charge in [0.2, 0.25) is 6.41 Å². The van der Waals surface area contributed by atoms with Crippen LogP contribution in [-0.2, 0) is 11.3 Å². The van der Waals surface area contributed by atoms with Crippen molar-refractivity contribution in [1.29, 1.82) is 0 Å². The number of ether oxygens (including phenoxy) is 1. The van der Waals surface area contributed by atoms with Gasteiger partial charge in [0.1, 0.15) is 22.4 Å². The zero-order chi connectivity index (χ0) is 24.0. The fourth-order valence-corrected chi connectivity index (χ4v) is 4.55. The molecular formula is C24H28N4O4S. The number of nitrogens with two attached hydrogens (primary N) is 1. The minimum atomic E-state index is -0.126. The number of amides is 1. The molecule has 0 aliphatic heterocycles. The summed E-state index contributed by atoms with van der Waals surface area (Å²) in [5, 5.41) is 22.5. The van der Waals surface area contributed by atoms with Crippen molar-refractivity contribution in [3.05, 3.63) is 70.1 Å². The molecule has 1 amide bonds. The van der Waals surface area contributed by atoms with Gasteiger partial charge in [-0.2, -0.15) is 0 Å². The van der Waals surface area contributed by atoms with E-state index in [2.05, 4.69) is 9.97 Å². The average molecular weight is 469 g/mol. The third kappa shape index (κ3) is 5.57. The number of aryl methyl sites for hydroxylation is 1. The van der Waals surface area contributed by atoms with E-state index >= 15 is 0 Å². The Balaban J connectivity index is 2.03. The topological polar surface area (TPSA) is 122 Å². The zero-order valence-electron chi connectivity index (χ0n) is 18.8. The second kappa shape index (κ2) is 11.0. The Morgan fingerprint density at radius 1 is 1.24 bits per heavy atom. The first-order valence-electron chi connectivity index (χ1n) is 10.3. The van der Waals surface area contributed by atoms with E-state index in [0.717, 1.165) is 10.8 Å². The van der Waals surface area contributed by atoms with Crippen molar-refractivity contribution >= 4 is 39.4 Å². The van der Waals surface area contributed by atoms with Crippen molar-refractivity contribution < 1.29 is 19.7 Å². The number of hydrogen-bond acceptors (Lipinski definition) is 6. The molecule has 4 N–H and O–H groups in total. The lowest BCUT2D eigenvalue weighted by Crippen LogP contribution is -2.22. The van der Waals surface area contributed by atoms with E-state index < -0.39 is 0 Å². The first-order chi connectivity index (χ1) is 15.9. The smallest absolute Gasteiger partial charge is 0.214 e. The summed E-state index contributed by atoms with van der Waals surface area (Å²) >= 11 is 0.485. The molecule has 0 atom stereocenters. The first-order valence-corrected chi connectivity index (χ1v) is 11.2. The molecule has 0 aliphatic rings. The number of anilines is 1. The summed E-state index contributed by atoms with van der Waals surface area (Å²) < 4.78 is 5.44. The minimum absolute atomic E-state index is 0.112. The maximum Gasteiger partial charge on any atom is 0.214 e. The molecule has 0 fully saturated rings. The Kier molecular flexibility index (Phi) is 8.16. The van der Waals surface area contributed by atoms with Crippen LogP contribution in [0.1, 0.15) is 30.3 Å². The number of allylic oxidation sites excluding steroid dienone is 1. The molecule has 0 saturated carbocycles. The molecule has 1 aromatic heterocycles. The summed E-state index contributed by atoms with van der Waals surface area (Å²) in [6.07, 6.45) is 2.58. The lowest BCUT2D eigenvalue weighted by molar-refractivity contribution is -0.116. The highest BCUT2D eigenvalue weighted by molar-refractivity contribution is 8.02. The van der Waals surface area contributed by atoms with Crippen LogP contribution >= 0.6 is 11.4 Å². The maximum absolute atomic E-state index is 11.9. The first kappa shape index (κ1) is 24.4. The number of methoxy groups -OCH3 is 1. The number of carbonyl (C=O) groups is 1. The molecule has 0 aliphatic carbocycles. The fourth-order valence-electron chi connectivity index (χ4n) is 3.47. The van der Waals surface area contributed by atoms with E-state index in [-0.39, 0.29) is 24.6 Å². The van der Waals surface area contributed by atoms with Gasteiger partial charge in [-0.25, -0.2) is 9.97 Å². The molecule has 0 spiro atoms. The van der Waals surface area contributed by atoms with Gasteiger partial charge in [0.25, 0.3) is 0 Å². The molecule has 0 bridgehead atoms. The summed E-state index contributed by atoms with van der Waals surface area (Å²) in [6, 6.07) is 11.3. The third-order valence-corrected chi connectivity index (χ3v) is 6.54. The molecule has 3 rings (SSSR count). The number of hydrogen-bond donors (Lipinski definition) is 4. The van der Waals surface area contributed by atoms with Crippen molar-refractivity contribution in [1.82, 2.24) is 14.9 Å². The molecular weight excluding hydrogens is 440 g/mol. The summed E-state index contributed by atoms with van der Waals surface area (Å²) in [6.45, 7) is 3.57. The lowest BCUT2D eigenvalue weighted by atomic mass is 10.0. The molecule has 0 unspecified atom stereocenters. The van der Waals surface area contributed by atoms with Gasteiger partial charge in [-0.1, -0.05) is 24.3 Å². The highest BCUT2D eigenvalue weighted by Gasteiger charge is 2.15. The van der Waals surface area contributed by atoms with Crippen LogP contribution in [0.2, 0.25) is 0 Å². The average Bonchev–Trinajstić information content (AvgIpc) is 2.82. The van der Waals surface area contributed by atoms with Crippen molar-refractivity contribution in [3.8, 4) is 5.75 Å². The van der Waals surface area contributed by atoms with Gasteiger partial charge in [-0.15, -0.1) is 11.4 Å². The third-order valence-electron chi connectivity index (χ3n) is 5.27. The Bertz CT molecular complexity index is 1230. The fraction of sp³-hybridized carbons (Fsp3) is 0.250. The molecule has 8 nitrogen and oxygen atoms in total. The molecule has 174 valence electrons. The zero-order valence-corrected chi connectivity index (χ0v) is 19.7. The van der Waals surface area contributed by atoms with Gasteiger partial charge in [0.05, 0.1) is 13.7 Å². The Morgan fingerprint density at radius 3 is 2.61 bits per heavy atom. The summed E-state index contributed by atoms with van der Waals surface area (Å²) in [5.41, 5.74) is 7.87. The van der Waals surface area contributed by atoms with Gasteiger partial charge in [-0.3, -0.25) is 4.79 Å². The number of rotatable bonds is 9. The normalized spacial score (nSPS) is 12.7. The quantitative estimate of drug-likeness (QED) is 0.216. The molecule has 2 aromatic carbocycles. The maximum atomic E-state index is 11.9. The van der Waals surface area contributed by atoms with E-state index in [1.54, 1.807) is 33.2 Å². The molecule has 9 heteroatoms. The Hall–Kier alpha value is -3.27. The van der Waals surface area contributed by atoms with Gasteiger partial charge >= 0.3 is 0 Å². The number of aliphatic hydroxyl groups excluding tert-OH is 2. The second-order valence-electron chi connectivity index (χ2n) is 7.36. The van der Waals surface area contributed by atoms with Crippen molar-refractivity contribution in [2.24, 2.45) is 0 Å². The number of fused-ring (bicyclic) bond motifs is 1. The van der Waals surface area contributed by atoms with E-state index in [0.29, 0.717) is 56.9 Å². The number of benzene rings is 2. The second-order valence-corrected chi connectivity index (χ2v) is 8.55. The number of nitrogens with zero attached hydrogens (tertiary/aromatic N) is 3. The summed E-state index contributed by atoms with van der Waals surface area (Å²) in [5.74, 6) is 1.57. The van der Waals surface area contributed by atoms with Gasteiger partial charge in [-0.05, 0) is 31.4 Å². The van der Waals surface area contributed by atoms with E-state index in [1.165, 1.54) is 4.90 Å². The van der Waals surface area contributed by atoms with Crippen LogP contribution in [-0.4, -0.2) is 50.3 Å². The number of nitrogen functional groups attached to an aromatic ring is 1. The van der Waals surface area contributed by atoms with Crippen LogP contribution in [0.5, 0.6) is 5.75 Å². The van der Waals surface area contributed by atoms with Crippen LogP contribution in [0.25, 0.3) is 10.8 Å². The lowest BCUT2D eigenvalue weighted by Gasteiger charge is -2.21. The monoisotopic (exact) mass is 468 g/mol. The van der Waals surface area contributed by atoms with Crippen LogP contribution < -0.4 is 10.5 Å². The standard InChI is InChI=1S/C24H28N4O4S/c1-15(28(14-30)13-17-12-26-16(2)27-23(17)25)22(10-11-29)33-24(31)20-8-9-21(32-3)19-7-5-4-6-18(19)20/h4-9,12,14,29,31,33H,10-11,13H2,1-3H3,(H2,25,26,27)/b22-15-. The largest absolute Gasteiger partial charge is 0.496 e. The number of thiol groups is 1. The molecule has 33 heavy (non-hydrogen) atoms. The molecule has 1 heterocycles. The van der Waals surface area contributed by atoms with Crippen LogP contribution in [0.15, 0.2) is 53.2 Å². The molecule has 0 radical (unpaired) electrons. The van der Waals surface area contributed by atoms with E-state index in [9.17, 15) is 15.0 Å². The highest BCUT2D eigenvalue weighted by atomic mass is 32.1. The number of aliphatic hydroxyl groups is 2. The van der Waals surface area contributed by atoms with Crippen molar-refractivity contribution in [2.75, 3.05) is 19.5 Å². The van der Waals surface area contributed by atoms with Crippen LogP contribution in [0, 0.1) is 6.92 Å². The highest BCUT2D eigenvalue weighted by Crippen LogP contribution is 2.31. The van der Waals surface area contributed by atoms with E-state index in [4.69, 9.17) is 10.5 Å². The minimum Gasteiger partial charge on any atom is -0.496 e. The SMILES string of the molecule is COc1ccc(/C(O)=[SH]/C(CCO)=C(/C)N(C=O)Cc2cnc(C)nc2N)c2ccccc12. The van der Waals surface area contributed by atoms with Gasteiger partial charge < -0.3 is 25.6 Å². The Morgan fingerprint density at radius 2 is 1.97 bits per heavy atom. The van der Waals surface area contributed by atoms with Gasteiger partial charge in [0, 0.05) is 46.3 Å². The Labute approximate surface area is 196 Å². The van der Waals surface area contributed by atoms with Crippen LogP contribution in [0.4, 0.5) is 5.82 Å². The molecule has 3 aromatic rings. The predicted molar refractivity (Wildman–Crippen MR) is 133 cm³/mol. The van der Waals surface area contributed by atoms with E-state index in [1.807, 2.05) is 30.3 Å². The predicted octanol–water partition coefficient (Wildman–Crippen LogP) is 3.30.